The second-order valence-electron chi connectivity index (χ2n) is 5.78. The van der Waals surface area contributed by atoms with E-state index in [0.29, 0.717) is 6.42 Å². The summed E-state index contributed by atoms with van der Waals surface area (Å²) in [7, 11) is 1.27. The zero-order chi connectivity index (χ0) is 15.5. The summed E-state index contributed by atoms with van der Waals surface area (Å²) in [5, 5.41) is 9.17. The number of ether oxygens (including phenoxy) is 2. The van der Waals surface area contributed by atoms with E-state index in [-0.39, 0.29) is 13.0 Å². The lowest BCUT2D eigenvalue weighted by molar-refractivity contribution is -0.153. The van der Waals surface area contributed by atoms with E-state index in [1.165, 1.54) is 7.11 Å². The lowest BCUT2D eigenvalue weighted by Crippen LogP contribution is -2.53. The molecule has 1 aliphatic heterocycles. The Kier molecular flexibility index (Phi) is 4.97. The third-order valence-electron chi connectivity index (χ3n) is 3.03. The van der Waals surface area contributed by atoms with Crippen molar-refractivity contribution in [2.75, 3.05) is 13.7 Å². The number of hydrogen-bond donors (Lipinski definition) is 1. The number of amides is 1. The van der Waals surface area contributed by atoms with Gasteiger partial charge in [0.05, 0.1) is 13.0 Å². The molecule has 114 valence electrons. The first-order valence-electron chi connectivity index (χ1n) is 6.46. The standard InChI is InChI=1S/C13H21NO6/c1-13(2,3)20-12(18)14-7-8(11(17)19-4)5-6-9(14)10(15)16/h8-9H,5-7H2,1-4H3,(H,15,16)/t8-,9+/m1/s1. The van der Waals surface area contributed by atoms with Gasteiger partial charge < -0.3 is 14.6 Å². The molecule has 1 amide bonds. The number of methoxy groups -OCH3 is 1. The molecule has 2 atom stereocenters. The molecule has 0 bridgehead atoms. The zero-order valence-corrected chi connectivity index (χ0v) is 12.2. The molecule has 1 rings (SSSR count). The second-order valence-corrected chi connectivity index (χ2v) is 5.78. The molecule has 7 heteroatoms. The SMILES string of the molecule is COC(=O)[C@@H]1CC[C@@H](C(=O)O)N(C(=O)OC(C)(C)C)C1. The minimum absolute atomic E-state index is 0.00144. The lowest BCUT2D eigenvalue weighted by Gasteiger charge is -2.37. The molecule has 0 aromatic heterocycles. The van der Waals surface area contributed by atoms with Crippen molar-refractivity contribution in [3.63, 3.8) is 0 Å². The first kappa shape index (κ1) is 16.3. The highest BCUT2D eigenvalue weighted by Gasteiger charge is 2.40. The summed E-state index contributed by atoms with van der Waals surface area (Å²) >= 11 is 0. The number of likely N-dealkylation sites (tertiary alicyclic amines) is 1. The first-order valence-corrected chi connectivity index (χ1v) is 6.46. The van der Waals surface area contributed by atoms with Crippen LogP contribution in [0.2, 0.25) is 0 Å². The number of hydrogen-bond acceptors (Lipinski definition) is 5. The van der Waals surface area contributed by atoms with Gasteiger partial charge in [0.25, 0.3) is 0 Å². The minimum Gasteiger partial charge on any atom is -0.480 e. The Bertz CT molecular complexity index is 400. The van der Waals surface area contributed by atoms with E-state index in [0.717, 1.165) is 4.90 Å². The number of carbonyl (C=O) groups excluding carboxylic acids is 2. The molecule has 1 N–H and O–H groups in total. The first-order chi connectivity index (χ1) is 9.15. The zero-order valence-electron chi connectivity index (χ0n) is 12.2. The number of carboxylic acids is 1. The molecule has 7 nitrogen and oxygen atoms in total. The Morgan fingerprint density at radius 1 is 1.20 bits per heavy atom. The van der Waals surface area contributed by atoms with Crippen molar-refractivity contribution in [2.45, 2.75) is 45.3 Å². The van der Waals surface area contributed by atoms with Crippen molar-refractivity contribution in [2.24, 2.45) is 5.92 Å². The molecule has 20 heavy (non-hydrogen) atoms. The predicted molar refractivity (Wildman–Crippen MR) is 69.1 cm³/mol. The average Bonchev–Trinajstić information content (AvgIpc) is 2.34. The van der Waals surface area contributed by atoms with Gasteiger partial charge in [-0.3, -0.25) is 9.69 Å². The third-order valence-corrected chi connectivity index (χ3v) is 3.03. The third kappa shape index (κ3) is 4.11. The highest BCUT2D eigenvalue weighted by Crippen LogP contribution is 2.25. The summed E-state index contributed by atoms with van der Waals surface area (Å²) in [4.78, 5) is 35.9. The maximum atomic E-state index is 12.1. The summed E-state index contributed by atoms with van der Waals surface area (Å²) in [6, 6.07) is -0.967. The Morgan fingerprint density at radius 2 is 1.80 bits per heavy atom. The maximum absolute atomic E-state index is 12.1. The molecular formula is C13H21NO6. The van der Waals surface area contributed by atoms with Gasteiger partial charge in [0, 0.05) is 6.54 Å². The molecule has 0 spiro atoms. The van der Waals surface area contributed by atoms with Gasteiger partial charge in [-0.15, -0.1) is 0 Å². The Hall–Kier alpha value is -1.79. The highest BCUT2D eigenvalue weighted by atomic mass is 16.6. The summed E-state index contributed by atoms with van der Waals surface area (Å²) in [6.07, 6.45) is -0.143. The second kappa shape index (κ2) is 6.11. The van der Waals surface area contributed by atoms with Crippen LogP contribution in [0, 0.1) is 5.92 Å². The minimum atomic E-state index is -1.10. The van der Waals surface area contributed by atoms with Crippen LogP contribution in [0.3, 0.4) is 0 Å². The summed E-state index contributed by atoms with van der Waals surface area (Å²) < 4.78 is 9.84. The number of rotatable bonds is 2. The molecule has 0 aliphatic carbocycles. The van der Waals surface area contributed by atoms with Gasteiger partial charge in [-0.25, -0.2) is 9.59 Å². The van der Waals surface area contributed by atoms with Gasteiger partial charge >= 0.3 is 18.0 Å². The molecule has 1 aliphatic rings. The van der Waals surface area contributed by atoms with Gasteiger partial charge in [-0.05, 0) is 33.6 Å². The van der Waals surface area contributed by atoms with Crippen LogP contribution in [0.4, 0.5) is 4.79 Å². The summed E-state index contributed by atoms with van der Waals surface area (Å²) in [5.74, 6) is -2.05. The van der Waals surface area contributed by atoms with E-state index in [4.69, 9.17) is 4.74 Å². The molecule has 0 aromatic rings. The number of esters is 1. The van der Waals surface area contributed by atoms with Gasteiger partial charge in [-0.1, -0.05) is 0 Å². The molecule has 0 radical (unpaired) electrons. The van der Waals surface area contributed by atoms with Gasteiger partial charge in [0.1, 0.15) is 11.6 Å². The topological polar surface area (TPSA) is 93.1 Å². The number of carbonyl (C=O) groups is 3. The van der Waals surface area contributed by atoms with Crippen molar-refractivity contribution < 1.29 is 29.0 Å². The van der Waals surface area contributed by atoms with E-state index < -0.39 is 35.6 Å². The fourth-order valence-electron chi connectivity index (χ4n) is 2.11. The Balaban J connectivity index is 2.86. The van der Waals surface area contributed by atoms with E-state index in [2.05, 4.69) is 4.74 Å². The molecule has 1 fully saturated rings. The summed E-state index contributed by atoms with van der Waals surface area (Å²) in [6.45, 7) is 5.09. The van der Waals surface area contributed by atoms with Crippen molar-refractivity contribution in [3.05, 3.63) is 0 Å². The molecule has 1 heterocycles. The maximum Gasteiger partial charge on any atom is 0.411 e. The highest BCUT2D eigenvalue weighted by molar-refractivity contribution is 5.82. The van der Waals surface area contributed by atoms with Crippen LogP contribution in [0.5, 0.6) is 0 Å². The predicted octanol–water partition coefficient (Wildman–Crippen LogP) is 1.26. The van der Waals surface area contributed by atoms with Crippen LogP contribution < -0.4 is 0 Å². The quantitative estimate of drug-likeness (QED) is 0.768. The van der Waals surface area contributed by atoms with Crippen LogP contribution in [0.15, 0.2) is 0 Å². The van der Waals surface area contributed by atoms with Crippen molar-refractivity contribution >= 4 is 18.0 Å². The van der Waals surface area contributed by atoms with Gasteiger partial charge in [-0.2, -0.15) is 0 Å². The molecular weight excluding hydrogens is 266 g/mol. The van der Waals surface area contributed by atoms with Crippen LogP contribution in [-0.4, -0.2) is 53.3 Å². The number of carboxylic acid groups (broad SMARTS) is 1. The molecule has 0 unspecified atom stereocenters. The smallest absolute Gasteiger partial charge is 0.411 e. The van der Waals surface area contributed by atoms with Crippen LogP contribution in [0.1, 0.15) is 33.6 Å². The van der Waals surface area contributed by atoms with E-state index in [1.807, 2.05) is 0 Å². The normalized spacial score (nSPS) is 23.1. The average molecular weight is 287 g/mol. The Labute approximate surface area is 117 Å². The Morgan fingerprint density at radius 3 is 2.25 bits per heavy atom. The van der Waals surface area contributed by atoms with Crippen LogP contribution >= 0.6 is 0 Å². The van der Waals surface area contributed by atoms with E-state index >= 15 is 0 Å². The lowest BCUT2D eigenvalue weighted by atomic mass is 9.93. The molecule has 0 saturated carbocycles. The largest absolute Gasteiger partial charge is 0.480 e. The van der Waals surface area contributed by atoms with Crippen LogP contribution in [0.25, 0.3) is 0 Å². The summed E-state index contributed by atoms with van der Waals surface area (Å²) in [5.41, 5.74) is -0.724. The van der Waals surface area contributed by atoms with Gasteiger partial charge in [0.2, 0.25) is 0 Å². The molecule has 0 aromatic carbocycles. The van der Waals surface area contributed by atoms with Gasteiger partial charge in [0.15, 0.2) is 0 Å². The van der Waals surface area contributed by atoms with E-state index in [9.17, 15) is 19.5 Å². The van der Waals surface area contributed by atoms with Crippen molar-refractivity contribution in [1.29, 1.82) is 0 Å². The van der Waals surface area contributed by atoms with E-state index in [1.54, 1.807) is 20.8 Å². The number of nitrogens with zero attached hydrogens (tertiary/aromatic N) is 1. The monoisotopic (exact) mass is 287 g/mol. The number of piperidine rings is 1. The van der Waals surface area contributed by atoms with Crippen molar-refractivity contribution in [3.8, 4) is 0 Å². The van der Waals surface area contributed by atoms with Crippen LogP contribution in [-0.2, 0) is 19.1 Å². The fraction of sp³-hybridized carbons (Fsp3) is 0.769. The van der Waals surface area contributed by atoms with Crippen molar-refractivity contribution in [1.82, 2.24) is 4.90 Å². The fourth-order valence-corrected chi connectivity index (χ4v) is 2.11. The molecule has 1 saturated heterocycles. The number of aliphatic carboxylic acids is 1.